The monoisotopic (exact) mass is 254 g/mol. The number of hydrogen-bond donors (Lipinski definition) is 1. The highest BCUT2D eigenvalue weighted by Crippen LogP contribution is 2.22. The van der Waals surface area contributed by atoms with Crippen LogP contribution in [0.5, 0.6) is 0 Å². The largest absolute Gasteiger partial charge is 0.480 e. The van der Waals surface area contributed by atoms with Crippen LogP contribution in [0.1, 0.15) is 0 Å². The fourth-order valence-corrected chi connectivity index (χ4v) is 1.88. The average molecular weight is 255 g/mol. The Balaban J connectivity index is 2.12. The minimum absolute atomic E-state index is 0.261. The van der Waals surface area contributed by atoms with Gasteiger partial charge in [0, 0.05) is 23.8 Å². The van der Waals surface area contributed by atoms with E-state index in [0.717, 1.165) is 5.69 Å². The van der Waals surface area contributed by atoms with Gasteiger partial charge in [-0.3, -0.25) is 9.69 Å². The molecule has 0 aliphatic carbocycles. The first-order chi connectivity index (χ1) is 8.08. The highest BCUT2D eigenvalue weighted by atomic mass is 35.5. The number of nitrogens with zero attached hydrogens (tertiary/aromatic N) is 2. The van der Waals surface area contributed by atoms with E-state index < -0.39 is 5.97 Å². The number of rotatable bonds is 3. The van der Waals surface area contributed by atoms with Crippen molar-refractivity contribution in [3.05, 3.63) is 29.3 Å². The summed E-state index contributed by atoms with van der Waals surface area (Å²) >= 11 is 5.76. The Kier molecular flexibility index (Phi) is 3.19. The van der Waals surface area contributed by atoms with Gasteiger partial charge < -0.3 is 10.0 Å². The third-order valence-corrected chi connectivity index (χ3v) is 2.81. The van der Waals surface area contributed by atoms with Gasteiger partial charge in [0.05, 0.1) is 0 Å². The van der Waals surface area contributed by atoms with Gasteiger partial charge in [-0.05, 0) is 24.3 Å². The van der Waals surface area contributed by atoms with Crippen LogP contribution in [-0.2, 0) is 4.79 Å². The molecule has 90 valence electrons. The second kappa shape index (κ2) is 4.63. The van der Waals surface area contributed by atoms with Gasteiger partial charge in [0.1, 0.15) is 6.54 Å². The molecule has 0 radical (unpaired) electrons. The van der Waals surface area contributed by atoms with Gasteiger partial charge in [-0.15, -0.1) is 0 Å². The van der Waals surface area contributed by atoms with E-state index in [4.69, 9.17) is 16.7 Å². The Bertz CT molecular complexity index is 447. The van der Waals surface area contributed by atoms with Gasteiger partial charge in [0.2, 0.25) is 0 Å². The van der Waals surface area contributed by atoms with E-state index in [-0.39, 0.29) is 12.6 Å². The summed E-state index contributed by atoms with van der Waals surface area (Å²) in [5.74, 6) is -1.00. The number of aliphatic carboxylic acids is 1. The molecule has 1 heterocycles. The van der Waals surface area contributed by atoms with Crippen molar-refractivity contribution in [2.45, 2.75) is 0 Å². The molecule has 0 unspecified atom stereocenters. The number of anilines is 1. The second-order valence-corrected chi connectivity index (χ2v) is 4.16. The lowest BCUT2D eigenvalue weighted by Gasteiger charge is -2.17. The number of halogens is 1. The summed E-state index contributed by atoms with van der Waals surface area (Å²) in [6, 6.07) is 6.60. The summed E-state index contributed by atoms with van der Waals surface area (Å²) in [7, 11) is 0. The zero-order valence-electron chi connectivity index (χ0n) is 8.97. The molecule has 1 aromatic rings. The maximum atomic E-state index is 11.9. The van der Waals surface area contributed by atoms with Gasteiger partial charge in [-0.25, -0.2) is 4.79 Å². The normalized spacial score (nSPS) is 15.5. The van der Waals surface area contributed by atoms with Crippen molar-refractivity contribution < 1.29 is 14.7 Å². The molecule has 0 spiro atoms. The first kappa shape index (κ1) is 11.7. The number of amides is 2. The number of carboxylic acids is 1. The van der Waals surface area contributed by atoms with Gasteiger partial charge in [-0.2, -0.15) is 0 Å². The van der Waals surface area contributed by atoms with Crippen LogP contribution in [0.4, 0.5) is 10.5 Å². The van der Waals surface area contributed by atoms with Crippen molar-refractivity contribution in [1.82, 2.24) is 4.90 Å². The predicted octanol–water partition coefficient (Wildman–Crippen LogP) is 1.67. The van der Waals surface area contributed by atoms with Crippen molar-refractivity contribution in [2.24, 2.45) is 0 Å². The smallest absolute Gasteiger partial charge is 0.325 e. The van der Waals surface area contributed by atoms with Crippen molar-refractivity contribution in [2.75, 3.05) is 24.5 Å². The molecule has 1 aliphatic heterocycles. The first-order valence-electron chi connectivity index (χ1n) is 5.12. The van der Waals surface area contributed by atoms with Gasteiger partial charge >= 0.3 is 12.0 Å². The lowest BCUT2D eigenvalue weighted by molar-refractivity contribution is -0.137. The summed E-state index contributed by atoms with van der Waals surface area (Å²) < 4.78 is 0. The van der Waals surface area contributed by atoms with Gasteiger partial charge in [0.15, 0.2) is 0 Å². The van der Waals surface area contributed by atoms with Crippen molar-refractivity contribution in [1.29, 1.82) is 0 Å². The molecule has 5 nitrogen and oxygen atoms in total. The van der Waals surface area contributed by atoms with Crippen LogP contribution >= 0.6 is 11.6 Å². The first-order valence-corrected chi connectivity index (χ1v) is 5.49. The van der Waals surface area contributed by atoms with Crippen LogP contribution in [0, 0.1) is 0 Å². The van der Waals surface area contributed by atoms with E-state index >= 15 is 0 Å². The number of urea groups is 1. The molecule has 0 bridgehead atoms. The number of hydrogen-bond acceptors (Lipinski definition) is 2. The third-order valence-electron chi connectivity index (χ3n) is 2.56. The highest BCUT2D eigenvalue weighted by Gasteiger charge is 2.30. The van der Waals surface area contributed by atoms with Crippen LogP contribution in [0.15, 0.2) is 24.3 Å². The summed E-state index contributed by atoms with van der Waals surface area (Å²) in [6.07, 6.45) is 0. The summed E-state index contributed by atoms with van der Waals surface area (Å²) in [5.41, 5.74) is 0.729. The number of carbonyl (C=O) groups excluding carboxylic acids is 1. The molecule has 1 saturated heterocycles. The summed E-state index contributed by atoms with van der Waals surface area (Å²) in [6.45, 7) is 0.657. The molecule has 1 N–H and O–H groups in total. The molecule has 2 amide bonds. The standard InChI is InChI=1S/C11H11ClN2O3/c12-8-1-3-9(4-2-8)14-6-5-13(11(14)17)7-10(15)16/h1-4H,5-7H2,(H,15,16). The van der Waals surface area contributed by atoms with Crippen LogP contribution in [0.2, 0.25) is 5.02 Å². The minimum Gasteiger partial charge on any atom is -0.480 e. The van der Waals surface area contributed by atoms with E-state index in [1.807, 2.05) is 0 Å². The zero-order valence-corrected chi connectivity index (χ0v) is 9.72. The molecule has 0 atom stereocenters. The maximum Gasteiger partial charge on any atom is 0.325 e. The maximum absolute atomic E-state index is 11.9. The topological polar surface area (TPSA) is 60.9 Å². The van der Waals surface area contributed by atoms with Crippen LogP contribution in [-0.4, -0.2) is 41.6 Å². The zero-order chi connectivity index (χ0) is 12.4. The van der Waals surface area contributed by atoms with E-state index in [1.165, 1.54) is 4.90 Å². The lowest BCUT2D eigenvalue weighted by atomic mass is 10.3. The minimum atomic E-state index is -1.00. The summed E-state index contributed by atoms with van der Waals surface area (Å²) in [4.78, 5) is 25.3. The van der Waals surface area contributed by atoms with Crippen LogP contribution in [0.3, 0.4) is 0 Å². The van der Waals surface area contributed by atoms with Crippen molar-refractivity contribution >= 4 is 29.3 Å². The molecule has 1 fully saturated rings. The molecular weight excluding hydrogens is 244 g/mol. The molecule has 6 heteroatoms. The molecule has 0 aromatic heterocycles. The molecular formula is C11H11ClN2O3. The Hall–Kier alpha value is -1.75. The van der Waals surface area contributed by atoms with E-state index in [9.17, 15) is 9.59 Å². The highest BCUT2D eigenvalue weighted by molar-refractivity contribution is 6.30. The third kappa shape index (κ3) is 2.50. The SMILES string of the molecule is O=C(O)CN1CCN(c2ccc(Cl)cc2)C1=O. The number of benzene rings is 1. The van der Waals surface area contributed by atoms with Crippen molar-refractivity contribution in [3.8, 4) is 0 Å². The Morgan fingerprint density at radius 1 is 1.29 bits per heavy atom. The lowest BCUT2D eigenvalue weighted by Crippen LogP contribution is -2.35. The quantitative estimate of drug-likeness (QED) is 0.893. The average Bonchev–Trinajstić information content (AvgIpc) is 2.61. The predicted molar refractivity (Wildman–Crippen MR) is 63.4 cm³/mol. The molecule has 1 aliphatic rings. The fourth-order valence-electron chi connectivity index (χ4n) is 1.75. The molecule has 0 saturated carbocycles. The second-order valence-electron chi connectivity index (χ2n) is 3.73. The number of carboxylic acid groups (broad SMARTS) is 1. The van der Waals surface area contributed by atoms with Crippen LogP contribution in [0.25, 0.3) is 0 Å². The molecule has 1 aromatic carbocycles. The molecule has 17 heavy (non-hydrogen) atoms. The van der Waals surface area contributed by atoms with Crippen LogP contribution < -0.4 is 4.90 Å². The van der Waals surface area contributed by atoms with E-state index in [0.29, 0.717) is 18.1 Å². The van der Waals surface area contributed by atoms with Crippen molar-refractivity contribution in [3.63, 3.8) is 0 Å². The van der Waals surface area contributed by atoms with E-state index in [1.54, 1.807) is 29.2 Å². The van der Waals surface area contributed by atoms with Gasteiger partial charge in [0.25, 0.3) is 0 Å². The summed E-state index contributed by atoms with van der Waals surface area (Å²) in [5, 5.41) is 9.25. The molecule has 2 rings (SSSR count). The van der Waals surface area contributed by atoms with Gasteiger partial charge in [-0.1, -0.05) is 11.6 Å². The Morgan fingerprint density at radius 2 is 1.94 bits per heavy atom. The fraction of sp³-hybridized carbons (Fsp3) is 0.273. The number of carbonyl (C=O) groups is 2. The Labute approximate surface area is 103 Å². The van der Waals surface area contributed by atoms with E-state index in [2.05, 4.69) is 0 Å². The Morgan fingerprint density at radius 3 is 2.53 bits per heavy atom.